The van der Waals surface area contributed by atoms with E-state index in [1.165, 1.54) is 0 Å². The first-order valence-corrected chi connectivity index (χ1v) is 11.6. The Kier molecular flexibility index (Phi) is 6.24. The van der Waals surface area contributed by atoms with Gasteiger partial charge in [-0.15, -0.1) is 0 Å². The first-order valence-electron chi connectivity index (χ1n) is 11.6. The highest BCUT2D eigenvalue weighted by Crippen LogP contribution is 2.39. The van der Waals surface area contributed by atoms with Crippen molar-refractivity contribution in [3.63, 3.8) is 0 Å². The van der Waals surface area contributed by atoms with Crippen LogP contribution in [0.4, 0.5) is 5.69 Å². The molecule has 1 heterocycles. The summed E-state index contributed by atoms with van der Waals surface area (Å²) < 4.78 is 5.55. The van der Waals surface area contributed by atoms with E-state index in [1.807, 2.05) is 56.3 Å². The fourth-order valence-electron chi connectivity index (χ4n) is 4.62. The van der Waals surface area contributed by atoms with Crippen molar-refractivity contribution in [3.05, 3.63) is 70.4 Å². The summed E-state index contributed by atoms with van der Waals surface area (Å²) in [6, 6.07) is 13.5. The molecule has 0 spiro atoms. The van der Waals surface area contributed by atoms with Crippen LogP contribution in [0.5, 0.6) is 0 Å². The van der Waals surface area contributed by atoms with E-state index in [1.54, 1.807) is 0 Å². The quantitative estimate of drug-likeness (QED) is 0.517. The maximum Gasteiger partial charge on any atom is 0.339 e. The van der Waals surface area contributed by atoms with E-state index < -0.39 is 5.97 Å². The Balaban J connectivity index is 1.60. The highest BCUT2D eigenvalue weighted by molar-refractivity contribution is 6.06. The number of rotatable bonds is 4. The summed E-state index contributed by atoms with van der Waals surface area (Å²) in [6.07, 6.45) is 2.68. The van der Waals surface area contributed by atoms with Crippen LogP contribution >= 0.6 is 0 Å². The van der Waals surface area contributed by atoms with E-state index in [0.717, 1.165) is 58.2 Å². The van der Waals surface area contributed by atoms with E-state index >= 15 is 0 Å². The number of fused-ring (bicyclic) bond motifs is 2. The number of hydrogen-bond donors (Lipinski definition) is 1. The monoisotopic (exact) mass is 444 g/mol. The van der Waals surface area contributed by atoms with Gasteiger partial charge in [0.1, 0.15) is 0 Å². The average Bonchev–Trinajstić information content (AvgIpc) is 2.77. The van der Waals surface area contributed by atoms with Gasteiger partial charge in [0.15, 0.2) is 6.61 Å². The van der Waals surface area contributed by atoms with Crippen LogP contribution in [0.1, 0.15) is 59.9 Å². The summed E-state index contributed by atoms with van der Waals surface area (Å²) in [5.74, 6) is -0.362. The number of esters is 1. The second kappa shape index (κ2) is 8.97. The summed E-state index contributed by atoms with van der Waals surface area (Å²) in [5.41, 5.74) is 6.17. The van der Waals surface area contributed by atoms with Gasteiger partial charge in [0.25, 0.3) is 5.91 Å². The fourth-order valence-corrected chi connectivity index (χ4v) is 4.62. The van der Waals surface area contributed by atoms with Gasteiger partial charge in [0.05, 0.1) is 11.1 Å². The number of nitrogens with zero attached hydrogens (tertiary/aromatic N) is 1. The van der Waals surface area contributed by atoms with Crippen molar-refractivity contribution in [2.24, 2.45) is 11.3 Å². The molecule has 0 bridgehead atoms. The Morgan fingerprint density at radius 2 is 1.88 bits per heavy atom. The second-order valence-electron chi connectivity index (χ2n) is 10.2. The van der Waals surface area contributed by atoms with Crippen LogP contribution in [0.2, 0.25) is 0 Å². The van der Waals surface area contributed by atoms with Crippen molar-refractivity contribution in [1.82, 2.24) is 4.98 Å². The number of nitrogens with one attached hydrogen (secondary N) is 1. The predicted octanol–water partition coefficient (Wildman–Crippen LogP) is 5.80. The van der Waals surface area contributed by atoms with E-state index in [0.29, 0.717) is 11.5 Å². The van der Waals surface area contributed by atoms with Gasteiger partial charge >= 0.3 is 5.97 Å². The van der Waals surface area contributed by atoms with Crippen LogP contribution in [0.25, 0.3) is 10.9 Å². The molecule has 0 aliphatic heterocycles. The molecule has 0 saturated carbocycles. The van der Waals surface area contributed by atoms with Crippen molar-refractivity contribution in [3.8, 4) is 0 Å². The van der Waals surface area contributed by atoms with E-state index in [2.05, 4.69) is 26.1 Å². The number of carbonyl (C=O) groups is 2. The van der Waals surface area contributed by atoms with Crippen LogP contribution in [0.3, 0.4) is 0 Å². The lowest BCUT2D eigenvalue weighted by Gasteiger charge is -2.35. The first-order chi connectivity index (χ1) is 15.6. The minimum absolute atomic E-state index is 0.135. The van der Waals surface area contributed by atoms with Crippen LogP contribution in [0, 0.1) is 25.2 Å². The zero-order valence-corrected chi connectivity index (χ0v) is 20.1. The summed E-state index contributed by atoms with van der Waals surface area (Å²) in [4.78, 5) is 30.7. The molecule has 0 fully saturated rings. The second-order valence-corrected chi connectivity index (χ2v) is 10.2. The first kappa shape index (κ1) is 23.0. The standard InChI is InChI=1S/C28H32N2O3/c1-17-10-11-18(2)24(14-17)30-25(31)16-33-27(32)26-20-8-6-7-9-22(20)29-23-13-12-19(15-21(23)26)28(3,4)5/h6-11,14,19H,12-13,15-16H2,1-5H3,(H,30,31)/t19-/m1/s1. The van der Waals surface area contributed by atoms with Crippen LogP contribution in [0.15, 0.2) is 42.5 Å². The summed E-state index contributed by atoms with van der Waals surface area (Å²) >= 11 is 0. The smallest absolute Gasteiger partial charge is 0.339 e. The molecule has 3 aromatic rings. The molecule has 2 aromatic carbocycles. The topological polar surface area (TPSA) is 68.3 Å². The summed E-state index contributed by atoms with van der Waals surface area (Å²) in [7, 11) is 0. The lowest BCUT2D eigenvalue weighted by Crippen LogP contribution is -2.29. The molecular formula is C28H32N2O3. The molecule has 33 heavy (non-hydrogen) atoms. The lowest BCUT2D eigenvalue weighted by atomic mass is 9.70. The highest BCUT2D eigenvalue weighted by Gasteiger charge is 2.33. The minimum atomic E-state index is -0.462. The number of hydrogen-bond acceptors (Lipinski definition) is 4. The van der Waals surface area contributed by atoms with Gasteiger partial charge in [0, 0.05) is 16.8 Å². The zero-order chi connectivity index (χ0) is 23.8. The lowest BCUT2D eigenvalue weighted by molar-refractivity contribution is -0.119. The molecule has 0 unspecified atom stereocenters. The third-order valence-corrected chi connectivity index (χ3v) is 6.69. The highest BCUT2D eigenvalue weighted by atomic mass is 16.5. The van der Waals surface area contributed by atoms with E-state index in [-0.39, 0.29) is 17.9 Å². The molecule has 1 aliphatic rings. The van der Waals surface area contributed by atoms with Crippen molar-refractivity contribution in [2.45, 2.75) is 53.9 Å². The van der Waals surface area contributed by atoms with Gasteiger partial charge in [-0.1, -0.05) is 51.1 Å². The maximum atomic E-state index is 13.3. The van der Waals surface area contributed by atoms with E-state index in [9.17, 15) is 9.59 Å². The molecule has 1 aliphatic carbocycles. The number of carbonyl (C=O) groups excluding carboxylic acids is 2. The number of ether oxygens (including phenoxy) is 1. The fraction of sp³-hybridized carbons (Fsp3) is 0.393. The number of para-hydroxylation sites is 1. The third-order valence-electron chi connectivity index (χ3n) is 6.69. The number of aryl methyl sites for hydroxylation is 3. The minimum Gasteiger partial charge on any atom is -0.452 e. The summed E-state index contributed by atoms with van der Waals surface area (Å²) in [5, 5.41) is 3.64. The Morgan fingerprint density at radius 3 is 2.64 bits per heavy atom. The SMILES string of the molecule is Cc1ccc(C)c(NC(=O)COC(=O)c2c3c(nc4ccccc24)CC[C@@H](C(C)(C)C)C3)c1. The molecule has 1 atom stereocenters. The largest absolute Gasteiger partial charge is 0.452 e. The van der Waals surface area contributed by atoms with Crippen LogP contribution in [-0.4, -0.2) is 23.5 Å². The predicted molar refractivity (Wildman–Crippen MR) is 132 cm³/mol. The van der Waals surface area contributed by atoms with E-state index in [4.69, 9.17) is 9.72 Å². The average molecular weight is 445 g/mol. The number of aromatic nitrogens is 1. The van der Waals surface area contributed by atoms with Crippen LogP contribution in [-0.2, 0) is 22.4 Å². The zero-order valence-electron chi connectivity index (χ0n) is 20.1. The van der Waals surface area contributed by atoms with Gasteiger partial charge in [-0.05, 0) is 73.3 Å². The van der Waals surface area contributed by atoms with Crippen molar-refractivity contribution >= 4 is 28.5 Å². The van der Waals surface area contributed by atoms with Gasteiger partial charge in [-0.2, -0.15) is 0 Å². The molecule has 5 heteroatoms. The van der Waals surface area contributed by atoms with Gasteiger partial charge in [-0.3, -0.25) is 9.78 Å². The molecule has 172 valence electrons. The number of pyridine rings is 1. The van der Waals surface area contributed by atoms with Gasteiger partial charge in [0.2, 0.25) is 0 Å². The maximum absolute atomic E-state index is 13.3. The van der Waals surface area contributed by atoms with Crippen LogP contribution < -0.4 is 5.32 Å². The molecule has 5 nitrogen and oxygen atoms in total. The van der Waals surface area contributed by atoms with Gasteiger partial charge in [-0.25, -0.2) is 4.79 Å². The Hall–Kier alpha value is -3.21. The normalized spacial score (nSPS) is 15.7. The van der Waals surface area contributed by atoms with Gasteiger partial charge < -0.3 is 10.1 Å². The number of anilines is 1. The Bertz CT molecular complexity index is 1220. The summed E-state index contributed by atoms with van der Waals surface area (Å²) in [6.45, 7) is 10.3. The van der Waals surface area contributed by atoms with Crippen molar-refractivity contribution in [2.75, 3.05) is 11.9 Å². The molecule has 1 amide bonds. The third kappa shape index (κ3) is 4.92. The molecule has 4 rings (SSSR count). The van der Waals surface area contributed by atoms with Crippen molar-refractivity contribution < 1.29 is 14.3 Å². The molecule has 0 saturated heterocycles. The number of amides is 1. The molecule has 0 radical (unpaired) electrons. The molecule has 1 aromatic heterocycles. The number of benzene rings is 2. The Morgan fingerprint density at radius 1 is 1.12 bits per heavy atom. The molecular weight excluding hydrogens is 412 g/mol. The Labute approximate surface area is 195 Å². The van der Waals surface area contributed by atoms with Crippen molar-refractivity contribution in [1.29, 1.82) is 0 Å². The molecule has 1 N–H and O–H groups in total.